The summed E-state index contributed by atoms with van der Waals surface area (Å²) in [5.41, 5.74) is 4.60. The van der Waals surface area contributed by atoms with Gasteiger partial charge in [0.25, 0.3) is 5.91 Å². The standard InChI is InChI=1S/C18H15N3O2.C9H6N2O3.C9H11N.C2HF3O2.ClH/c22-18(21-11-15(12-21)13-4-2-1-3-5-13)16-10-17(23-20-16)14-6-8-19-9-7-14;12-9(13)7-5-8(14-11-7)6-1-3-10-4-2-6;1-2-4-8(5-3-1)9-6-10-7-9;3-2(4,5)1(6)7;/h1-10,15H,11-12H2;1-5H,(H,12,13);1-5,9-10H,6-7H2;(H,6,7);1H. The third-order valence-corrected chi connectivity index (χ3v) is 8.12. The van der Waals surface area contributed by atoms with Crippen LogP contribution in [0.1, 0.15) is 43.9 Å². The zero-order valence-corrected chi connectivity index (χ0v) is 29.6. The van der Waals surface area contributed by atoms with Crippen LogP contribution in [-0.2, 0) is 4.79 Å². The second kappa shape index (κ2) is 19.6. The maximum Gasteiger partial charge on any atom is 0.490 e. The number of halogens is 4. The fourth-order valence-corrected chi connectivity index (χ4v) is 5.05. The van der Waals surface area contributed by atoms with E-state index in [4.69, 9.17) is 24.1 Å². The molecule has 0 radical (unpaired) electrons. The molecule has 55 heavy (non-hydrogen) atoms. The Bertz CT molecular complexity index is 2090. The summed E-state index contributed by atoms with van der Waals surface area (Å²) in [5, 5.41) is 26.3. The Balaban J connectivity index is 0.000000180. The quantitative estimate of drug-likeness (QED) is 0.160. The van der Waals surface area contributed by atoms with E-state index in [-0.39, 0.29) is 24.0 Å². The Labute approximate surface area is 318 Å². The van der Waals surface area contributed by atoms with Crippen LogP contribution < -0.4 is 5.32 Å². The van der Waals surface area contributed by atoms with Gasteiger partial charge in [0, 0.05) is 86.1 Å². The number of pyridine rings is 2. The maximum atomic E-state index is 12.4. The summed E-state index contributed by atoms with van der Waals surface area (Å²) in [6.07, 6.45) is 1.47. The van der Waals surface area contributed by atoms with Crippen molar-refractivity contribution in [2.75, 3.05) is 26.2 Å². The number of amides is 1. The van der Waals surface area contributed by atoms with Crippen molar-refractivity contribution in [3.05, 3.63) is 144 Å². The number of hydrogen-bond donors (Lipinski definition) is 3. The van der Waals surface area contributed by atoms with Crippen LogP contribution in [-0.4, -0.2) is 85.6 Å². The lowest BCUT2D eigenvalue weighted by Gasteiger charge is -2.39. The first-order valence-electron chi connectivity index (χ1n) is 16.4. The molecule has 1 amide bonds. The second-order valence-electron chi connectivity index (χ2n) is 11.8. The minimum absolute atomic E-state index is 0. The highest BCUT2D eigenvalue weighted by atomic mass is 35.5. The minimum Gasteiger partial charge on any atom is -0.476 e. The van der Waals surface area contributed by atoms with E-state index in [0.717, 1.165) is 43.2 Å². The third-order valence-electron chi connectivity index (χ3n) is 8.12. The number of carboxylic acids is 2. The van der Waals surface area contributed by atoms with E-state index in [1.54, 1.807) is 47.9 Å². The molecule has 17 heteroatoms. The molecule has 6 heterocycles. The topological polar surface area (TPSA) is 185 Å². The van der Waals surface area contributed by atoms with Crippen LogP contribution in [0.25, 0.3) is 22.6 Å². The van der Waals surface area contributed by atoms with Crippen LogP contribution in [0, 0.1) is 0 Å². The van der Waals surface area contributed by atoms with Crippen LogP contribution >= 0.6 is 12.4 Å². The Kier molecular flexibility index (Phi) is 14.8. The van der Waals surface area contributed by atoms with Gasteiger partial charge in [0.15, 0.2) is 22.9 Å². The first-order valence-corrected chi connectivity index (χ1v) is 16.4. The van der Waals surface area contributed by atoms with E-state index in [2.05, 4.69) is 68.1 Å². The number of aromatic carboxylic acids is 1. The lowest BCUT2D eigenvalue weighted by atomic mass is 9.91. The van der Waals surface area contributed by atoms with Crippen LogP contribution in [0.3, 0.4) is 0 Å². The molecule has 2 saturated heterocycles. The number of likely N-dealkylation sites (tertiary alicyclic amines) is 1. The third kappa shape index (κ3) is 11.8. The van der Waals surface area contributed by atoms with Crippen LogP contribution in [0.5, 0.6) is 0 Å². The van der Waals surface area contributed by atoms with E-state index < -0.39 is 18.1 Å². The number of carbonyl (C=O) groups excluding carboxylic acids is 1. The van der Waals surface area contributed by atoms with Gasteiger partial charge >= 0.3 is 18.1 Å². The molecule has 0 unspecified atom stereocenters. The molecule has 8 rings (SSSR count). The van der Waals surface area contributed by atoms with Gasteiger partial charge in [-0.05, 0) is 35.4 Å². The number of hydrogen-bond acceptors (Lipinski definition) is 10. The SMILES string of the molecule is Cl.O=C(O)C(F)(F)F.O=C(O)c1cc(-c2ccncc2)on1.O=C(c1cc(-c2ccncc2)on1)N1CC(c2ccccc2)C1.c1ccc(C2CNC2)cc1. The average molecular weight is 779 g/mol. The van der Waals surface area contributed by atoms with Gasteiger partial charge in [-0.2, -0.15) is 13.2 Å². The van der Waals surface area contributed by atoms with Crippen molar-refractivity contribution in [3.63, 3.8) is 0 Å². The predicted molar refractivity (Wildman–Crippen MR) is 195 cm³/mol. The molecule has 0 saturated carbocycles. The smallest absolute Gasteiger partial charge is 0.476 e. The Morgan fingerprint density at radius 1 is 0.673 bits per heavy atom. The molecular weight excluding hydrogens is 745 g/mol. The van der Waals surface area contributed by atoms with Gasteiger partial charge in [0.1, 0.15) is 0 Å². The summed E-state index contributed by atoms with van der Waals surface area (Å²) in [4.78, 5) is 41.4. The molecule has 0 bridgehead atoms. The molecule has 3 N–H and O–H groups in total. The number of aromatic nitrogens is 4. The molecule has 2 aromatic carbocycles. The highest BCUT2D eigenvalue weighted by Crippen LogP contribution is 2.29. The number of rotatable bonds is 6. The molecule has 0 spiro atoms. The molecule has 286 valence electrons. The molecule has 13 nitrogen and oxygen atoms in total. The first kappa shape index (κ1) is 41.4. The van der Waals surface area contributed by atoms with E-state index in [1.807, 2.05) is 30.3 Å². The molecule has 0 atom stereocenters. The summed E-state index contributed by atoms with van der Waals surface area (Å²) < 4.78 is 41.9. The Morgan fingerprint density at radius 2 is 1.09 bits per heavy atom. The second-order valence-corrected chi connectivity index (χ2v) is 11.8. The number of nitrogens with one attached hydrogen (secondary N) is 1. The van der Waals surface area contributed by atoms with Gasteiger partial charge in [-0.15, -0.1) is 12.4 Å². The van der Waals surface area contributed by atoms with E-state index >= 15 is 0 Å². The van der Waals surface area contributed by atoms with Crippen molar-refractivity contribution in [2.24, 2.45) is 0 Å². The van der Waals surface area contributed by atoms with Crippen molar-refractivity contribution >= 4 is 30.3 Å². The molecule has 2 fully saturated rings. The predicted octanol–water partition coefficient (Wildman–Crippen LogP) is 6.84. The lowest BCUT2D eigenvalue weighted by Crippen LogP contribution is -2.48. The number of carbonyl (C=O) groups is 3. The van der Waals surface area contributed by atoms with Gasteiger partial charge in [-0.25, -0.2) is 9.59 Å². The fraction of sp³-hybridized carbons (Fsp3) is 0.184. The van der Waals surface area contributed by atoms with E-state index in [1.165, 1.54) is 17.2 Å². The van der Waals surface area contributed by atoms with Gasteiger partial charge in [-0.1, -0.05) is 71.0 Å². The fourth-order valence-electron chi connectivity index (χ4n) is 5.05. The summed E-state index contributed by atoms with van der Waals surface area (Å²) in [6, 6.07) is 31.1. The zero-order chi connectivity index (χ0) is 38.5. The first-order chi connectivity index (χ1) is 26.0. The molecule has 6 aromatic rings. The number of carboxylic acid groups (broad SMARTS) is 2. The lowest BCUT2D eigenvalue weighted by molar-refractivity contribution is -0.192. The molecular formula is C38H34ClF3N6O7. The van der Waals surface area contributed by atoms with E-state index in [0.29, 0.717) is 23.1 Å². The normalized spacial score (nSPS) is 13.4. The maximum absolute atomic E-state index is 12.4. The molecule has 0 aliphatic carbocycles. The number of nitrogens with zero attached hydrogens (tertiary/aromatic N) is 5. The van der Waals surface area contributed by atoms with Crippen molar-refractivity contribution in [1.29, 1.82) is 0 Å². The number of aliphatic carboxylic acids is 1. The summed E-state index contributed by atoms with van der Waals surface area (Å²) in [6.45, 7) is 3.76. The van der Waals surface area contributed by atoms with Crippen molar-refractivity contribution in [2.45, 2.75) is 18.0 Å². The van der Waals surface area contributed by atoms with E-state index in [9.17, 15) is 22.8 Å². The van der Waals surface area contributed by atoms with Crippen LogP contribution in [0.15, 0.2) is 131 Å². The Morgan fingerprint density at radius 3 is 1.47 bits per heavy atom. The molecule has 2 aliphatic rings. The minimum atomic E-state index is -5.08. The van der Waals surface area contributed by atoms with Crippen molar-refractivity contribution in [1.82, 2.24) is 30.5 Å². The zero-order valence-electron chi connectivity index (χ0n) is 28.7. The summed E-state index contributed by atoms with van der Waals surface area (Å²) in [7, 11) is 0. The van der Waals surface area contributed by atoms with Crippen molar-refractivity contribution < 1.29 is 46.8 Å². The van der Waals surface area contributed by atoms with Gasteiger partial charge in [0.2, 0.25) is 0 Å². The van der Waals surface area contributed by atoms with Crippen LogP contribution in [0.2, 0.25) is 0 Å². The number of alkyl halides is 3. The largest absolute Gasteiger partial charge is 0.490 e. The number of benzene rings is 2. The monoisotopic (exact) mass is 778 g/mol. The summed E-state index contributed by atoms with van der Waals surface area (Å²) in [5.74, 6) is -1.75. The van der Waals surface area contributed by atoms with Gasteiger partial charge in [-0.3, -0.25) is 14.8 Å². The Hall–Kier alpha value is -6.39. The average Bonchev–Trinajstić information content (AvgIpc) is 3.84. The highest BCUT2D eigenvalue weighted by molar-refractivity contribution is 5.93. The molecule has 4 aromatic heterocycles. The van der Waals surface area contributed by atoms with Gasteiger partial charge in [0.05, 0.1) is 0 Å². The highest BCUT2D eigenvalue weighted by Gasteiger charge is 2.38. The summed E-state index contributed by atoms with van der Waals surface area (Å²) >= 11 is 0. The van der Waals surface area contributed by atoms with Crippen molar-refractivity contribution in [3.8, 4) is 22.6 Å². The molecule has 2 aliphatic heterocycles. The van der Waals surface area contributed by atoms with Crippen LogP contribution in [0.4, 0.5) is 13.2 Å². The van der Waals surface area contributed by atoms with Gasteiger partial charge < -0.3 is 29.5 Å².